The summed E-state index contributed by atoms with van der Waals surface area (Å²) in [7, 11) is 1.54. The number of nitrogens with zero attached hydrogens (tertiary/aromatic N) is 5. The maximum absolute atomic E-state index is 11.8. The summed E-state index contributed by atoms with van der Waals surface area (Å²) in [5.41, 5.74) is 8.87. The van der Waals surface area contributed by atoms with Gasteiger partial charge < -0.3 is 10.5 Å². The van der Waals surface area contributed by atoms with Gasteiger partial charge in [-0.3, -0.25) is 9.20 Å². The minimum Gasteiger partial charge on any atom is -0.481 e. The van der Waals surface area contributed by atoms with Gasteiger partial charge in [0.05, 0.1) is 18.4 Å². The second kappa shape index (κ2) is 5.52. The summed E-state index contributed by atoms with van der Waals surface area (Å²) in [4.78, 5) is 20.9. The van der Waals surface area contributed by atoms with Gasteiger partial charge in [-0.15, -0.1) is 10.2 Å². The molecule has 124 valence electrons. The van der Waals surface area contributed by atoms with E-state index >= 15 is 0 Å². The van der Waals surface area contributed by atoms with Crippen molar-refractivity contribution >= 4 is 22.7 Å². The van der Waals surface area contributed by atoms with Gasteiger partial charge in [-0.25, -0.2) is 4.98 Å². The van der Waals surface area contributed by atoms with Crippen LogP contribution < -0.4 is 10.5 Å². The number of primary amides is 1. The molecule has 0 unspecified atom stereocenters. The van der Waals surface area contributed by atoms with E-state index < -0.39 is 5.91 Å². The molecule has 0 fully saturated rings. The molecule has 25 heavy (non-hydrogen) atoms. The molecule has 1 aromatic carbocycles. The molecular weight excluding hydrogens is 320 g/mol. The number of amides is 1. The average molecular weight is 334 g/mol. The Morgan fingerprint density at radius 1 is 1.08 bits per heavy atom. The highest BCUT2D eigenvalue weighted by atomic mass is 16.5. The minimum absolute atomic E-state index is 0.377. The number of methoxy groups -OCH3 is 1. The number of fused-ring (bicyclic) bond motifs is 3. The van der Waals surface area contributed by atoms with Gasteiger partial charge in [-0.1, -0.05) is 18.2 Å². The van der Waals surface area contributed by atoms with Crippen LogP contribution in [-0.2, 0) is 0 Å². The van der Waals surface area contributed by atoms with E-state index in [1.165, 1.54) is 0 Å². The number of pyridine rings is 1. The largest absolute Gasteiger partial charge is 0.481 e. The van der Waals surface area contributed by atoms with Crippen molar-refractivity contribution in [2.24, 2.45) is 5.73 Å². The molecule has 0 saturated carbocycles. The van der Waals surface area contributed by atoms with Crippen LogP contribution in [0.1, 0.15) is 16.1 Å². The Kier molecular flexibility index (Phi) is 3.31. The highest BCUT2D eigenvalue weighted by molar-refractivity contribution is 5.99. The number of imidazole rings is 1. The van der Waals surface area contributed by atoms with Crippen LogP contribution in [0.3, 0.4) is 0 Å². The van der Waals surface area contributed by atoms with Crippen molar-refractivity contribution in [2.75, 3.05) is 7.11 Å². The zero-order valence-corrected chi connectivity index (χ0v) is 13.6. The first-order valence-electron chi connectivity index (χ1n) is 7.56. The third-order valence-corrected chi connectivity index (χ3v) is 3.96. The van der Waals surface area contributed by atoms with E-state index in [1.54, 1.807) is 41.8 Å². The maximum atomic E-state index is 11.8. The van der Waals surface area contributed by atoms with Crippen LogP contribution in [-0.4, -0.2) is 37.6 Å². The SMILES string of the molecule is COc1ccc2nnc3c(C)nc(-c4ccccc4C(N)=O)n3c2n1. The molecule has 2 N–H and O–H groups in total. The molecule has 0 aliphatic carbocycles. The molecule has 8 nitrogen and oxygen atoms in total. The number of hydrogen-bond acceptors (Lipinski definition) is 6. The fourth-order valence-corrected chi connectivity index (χ4v) is 2.79. The molecule has 0 spiro atoms. The molecule has 8 heteroatoms. The van der Waals surface area contributed by atoms with Crippen molar-refractivity contribution in [3.05, 3.63) is 47.7 Å². The lowest BCUT2D eigenvalue weighted by molar-refractivity contribution is 0.100. The first-order chi connectivity index (χ1) is 12.1. The highest BCUT2D eigenvalue weighted by Gasteiger charge is 2.19. The number of benzene rings is 1. The summed E-state index contributed by atoms with van der Waals surface area (Å²) in [5, 5.41) is 8.43. The summed E-state index contributed by atoms with van der Waals surface area (Å²) in [6, 6.07) is 10.5. The Morgan fingerprint density at radius 2 is 1.88 bits per heavy atom. The highest BCUT2D eigenvalue weighted by Crippen LogP contribution is 2.27. The van der Waals surface area contributed by atoms with Gasteiger partial charge in [0.2, 0.25) is 11.8 Å². The number of rotatable bonds is 3. The van der Waals surface area contributed by atoms with Crippen LogP contribution in [0.25, 0.3) is 28.2 Å². The van der Waals surface area contributed by atoms with Gasteiger partial charge in [0.25, 0.3) is 0 Å². The fraction of sp³-hybridized carbons (Fsp3) is 0.118. The van der Waals surface area contributed by atoms with Crippen molar-refractivity contribution in [1.29, 1.82) is 0 Å². The summed E-state index contributed by atoms with van der Waals surface area (Å²) in [5.74, 6) is 0.451. The number of carbonyl (C=O) groups excluding carboxylic acids is 1. The summed E-state index contributed by atoms with van der Waals surface area (Å²) in [6.07, 6.45) is 0. The summed E-state index contributed by atoms with van der Waals surface area (Å²) in [6.45, 7) is 1.83. The van der Waals surface area contributed by atoms with E-state index in [9.17, 15) is 4.79 Å². The minimum atomic E-state index is -0.526. The van der Waals surface area contributed by atoms with Crippen molar-refractivity contribution < 1.29 is 9.53 Å². The van der Waals surface area contributed by atoms with Crippen molar-refractivity contribution in [1.82, 2.24) is 24.6 Å². The molecule has 4 rings (SSSR count). The maximum Gasteiger partial charge on any atom is 0.249 e. The van der Waals surface area contributed by atoms with E-state index in [1.807, 2.05) is 13.0 Å². The third kappa shape index (κ3) is 2.26. The second-order valence-electron chi connectivity index (χ2n) is 5.49. The average Bonchev–Trinajstić information content (AvgIpc) is 2.98. The molecule has 1 amide bonds. The predicted molar refractivity (Wildman–Crippen MR) is 91.3 cm³/mol. The zero-order chi connectivity index (χ0) is 17.6. The lowest BCUT2D eigenvalue weighted by Gasteiger charge is -2.08. The number of carbonyl (C=O) groups is 1. The lowest BCUT2D eigenvalue weighted by atomic mass is 10.1. The van der Waals surface area contributed by atoms with Gasteiger partial charge in [0.1, 0.15) is 11.3 Å². The predicted octanol–water partition coefficient (Wildman–Crippen LogP) is 1.76. The van der Waals surface area contributed by atoms with E-state index in [2.05, 4.69) is 20.2 Å². The zero-order valence-electron chi connectivity index (χ0n) is 13.6. The molecule has 0 bridgehead atoms. The van der Waals surface area contributed by atoms with E-state index in [-0.39, 0.29) is 0 Å². The number of aromatic nitrogens is 5. The summed E-state index contributed by atoms with van der Waals surface area (Å²) >= 11 is 0. The Morgan fingerprint density at radius 3 is 2.64 bits per heavy atom. The second-order valence-corrected chi connectivity index (χ2v) is 5.49. The van der Waals surface area contributed by atoms with Gasteiger partial charge in [-0.2, -0.15) is 4.98 Å². The van der Waals surface area contributed by atoms with Crippen LogP contribution in [0.5, 0.6) is 5.88 Å². The molecule has 4 aromatic rings. The Hall–Kier alpha value is -3.55. The molecule has 0 aliphatic rings. The molecule has 3 aromatic heterocycles. The Balaban J connectivity index is 2.15. The number of aryl methyl sites for hydroxylation is 1. The van der Waals surface area contributed by atoms with Crippen molar-refractivity contribution in [3.63, 3.8) is 0 Å². The van der Waals surface area contributed by atoms with E-state index in [0.717, 1.165) is 0 Å². The van der Waals surface area contributed by atoms with Gasteiger partial charge in [0.15, 0.2) is 11.3 Å². The number of ether oxygens (including phenoxy) is 1. The van der Waals surface area contributed by atoms with Crippen LogP contribution in [0.4, 0.5) is 0 Å². The van der Waals surface area contributed by atoms with Crippen LogP contribution in [0.2, 0.25) is 0 Å². The fourth-order valence-electron chi connectivity index (χ4n) is 2.79. The number of nitrogens with two attached hydrogens (primary N) is 1. The lowest BCUT2D eigenvalue weighted by Crippen LogP contribution is -2.13. The monoisotopic (exact) mass is 334 g/mol. The quantitative estimate of drug-likeness (QED) is 0.611. The van der Waals surface area contributed by atoms with Crippen molar-refractivity contribution in [3.8, 4) is 17.3 Å². The molecule has 0 aliphatic heterocycles. The molecule has 0 saturated heterocycles. The van der Waals surface area contributed by atoms with E-state index in [4.69, 9.17) is 10.5 Å². The Bertz CT molecular complexity index is 1130. The number of hydrogen-bond donors (Lipinski definition) is 1. The first kappa shape index (κ1) is 15.0. The molecule has 3 heterocycles. The van der Waals surface area contributed by atoms with Crippen LogP contribution in [0.15, 0.2) is 36.4 Å². The topological polar surface area (TPSA) is 108 Å². The Labute approximate surface area is 142 Å². The normalized spacial score (nSPS) is 11.1. The standard InChI is InChI=1S/C17H14N6O2/c1-9-15-22-21-12-7-8-13(25-2)20-17(12)23(15)16(19-9)11-6-4-3-5-10(11)14(18)24/h3-8H,1-2H3,(H2,18,24). The van der Waals surface area contributed by atoms with Gasteiger partial charge in [-0.05, 0) is 19.1 Å². The molecule has 0 atom stereocenters. The molecule has 0 radical (unpaired) electrons. The summed E-state index contributed by atoms with van der Waals surface area (Å²) < 4.78 is 6.98. The third-order valence-electron chi connectivity index (χ3n) is 3.96. The van der Waals surface area contributed by atoms with Crippen LogP contribution >= 0.6 is 0 Å². The molecular formula is C17H14N6O2. The first-order valence-corrected chi connectivity index (χ1v) is 7.56. The smallest absolute Gasteiger partial charge is 0.249 e. The van der Waals surface area contributed by atoms with Gasteiger partial charge in [0, 0.05) is 11.6 Å². The van der Waals surface area contributed by atoms with E-state index in [0.29, 0.717) is 45.3 Å². The van der Waals surface area contributed by atoms with Crippen molar-refractivity contribution in [2.45, 2.75) is 6.92 Å². The van der Waals surface area contributed by atoms with Crippen LogP contribution in [0, 0.1) is 6.92 Å². The van der Waals surface area contributed by atoms with Gasteiger partial charge >= 0.3 is 0 Å².